The Morgan fingerprint density at radius 2 is 1.95 bits per heavy atom. The average Bonchev–Trinajstić information content (AvgIpc) is 2.54. The number of pyridine rings is 1. The van der Waals surface area contributed by atoms with Gasteiger partial charge in [-0.3, -0.25) is 4.98 Å². The zero-order valence-electron chi connectivity index (χ0n) is 13.0. The summed E-state index contributed by atoms with van der Waals surface area (Å²) in [6.07, 6.45) is 5.21. The molecule has 0 atom stereocenters. The number of hydrogen-bond donors (Lipinski definition) is 0. The lowest BCUT2D eigenvalue weighted by Gasteiger charge is -2.09. The third kappa shape index (κ3) is 4.58. The molecule has 0 radical (unpaired) electrons. The van der Waals surface area contributed by atoms with Crippen LogP contribution < -0.4 is 4.74 Å². The molecule has 1 aromatic heterocycles. The molecule has 116 valence electrons. The van der Waals surface area contributed by atoms with Crippen LogP contribution in [-0.4, -0.2) is 24.2 Å². The monoisotopic (exact) mass is 299 g/mol. The molecule has 2 rings (SSSR count). The van der Waals surface area contributed by atoms with Gasteiger partial charge in [-0.1, -0.05) is 0 Å². The molecule has 0 spiro atoms. The van der Waals surface area contributed by atoms with Crippen molar-refractivity contribution in [2.75, 3.05) is 13.2 Å². The summed E-state index contributed by atoms with van der Waals surface area (Å²) in [7, 11) is 0. The molecule has 1 aromatic carbocycles. The van der Waals surface area contributed by atoms with E-state index in [-0.39, 0.29) is 5.97 Å². The van der Waals surface area contributed by atoms with Gasteiger partial charge in [-0.15, -0.1) is 0 Å². The quantitative estimate of drug-likeness (QED) is 0.579. The minimum atomic E-state index is -0.291. The largest absolute Gasteiger partial charge is 0.494 e. The van der Waals surface area contributed by atoms with Gasteiger partial charge in [0, 0.05) is 12.4 Å². The van der Waals surface area contributed by atoms with Crippen LogP contribution in [-0.2, 0) is 11.2 Å². The molecular weight excluding hydrogens is 278 g/mol. The second kappa shape index (κ2) is 8.17. The van der Waals surface area contributed by atoms with Crippen LogP contribution in [0.4, 0.5) is 0 Å². The van der Waals surface area contributed by atoms with Crippen molar-refractivity contribution in [1.82, 2.24) is 4.98 Å². The van der Waals surface area contributed by atoms with Gasteiger partial charge in [-0.25, -0.2) is 4.79 Å². The van der Waals surface area contributed by atoms with Crippen LogP contribution in [0.15, 0.2) is 42.7 Å². The van der Waals surface area contributed by atoms with Crippen molar-refractivity contribution in [3.05, 3.63) is 59.4 Å². The first kappa shape index (κ1) is 16.0. The van der Waals surface area contributed by atoms with Crippen molar-refractivity contribution >= 4 is 5.97 Å². The van der Waals surface area contributed by atoms with Crippen LogP contribution in [0, 0.1) is 6.92 Å². The maximum absolute atomic E-state index is 12.0. The smallest absolute Gasteiger partial charge is 0.338 e. The van der Waals surface area contributed by atoms with E-state index < -0.39 is 0 Å². The maximum Gasteiger partial charge on any atom is 0.338 e. The van der Waals surface area contributed by atoms with Gasteiger partial charge in [-0.05, 0) is 68.1 Å². The number of benzene rings is 1. The van der Waals surface area contributed by atoms with Gasteiger partial charge in [0.25, 0.3) is 0 Å². The predicted octanol–water partition coefficient (Wildman–Crippen LogP) is 3.58. The molecular formula is C18H21NO3. The highest BCUT2D eigenvalue weighted by Gasteiger charge is 2.09. The summed E-state index contributed by atoms with van der Waals surface area (Å²) in [5.41, 5.74) is 2.70. The summed E-state index contributed by atoms with van der Waals surface area (Å²) < 4.78 is 10.8. The molecule has 0 fully saturated rings. The van der Waals surface area contributed by atoms with Gasteiger partial charge in [0.05, 0.1) is 18.8 Å². The first-order valence-electron chi connectivity index (χ1n) is 7.50. The topological polar surface area (TPSA) is 48.4 Å². The molecule has 1 heterocycles. The molecule has 0 unspecified atom stereocenters. The molecule has 4 nitrogen and oxygen atoms in total. The molecule has 4 heteroatoms. The minimum Gasteiger partial charge on any atom is -0.494 e. The van der Waals surface area contributed by atoms with Crippen LogP contribution >= 0.6 is 0 Å². The Labute approximate surface area is 131 Å². The van der Waals surface area contributed by atoms with Crippen LogP contribution in [0.25, 0.3) is 0 Å². The Hall–Kier alpha value is -2.36. The van der Waals surface area contributed by atoms with Gasteiger partial charge in [0.2, 0.25) is 0 Å². The second-order valence-electron chi connectivity index (χ2n) is 5.01. The highest BCUT2D eigenvalue weighted by Crippen LogP contribution is 2.19. The van der Waals surface area contributed by atoms with E-state index in [0.29, 0.717) is 18.8 Å². The highest BCUT2D eigenvalue weighted by molar-refractivity contribution is 5.89. The maximum atomic E-state index is 12.0. The summed E-state index contributed by atoms with van der Waals surface area (Å²) in [5, 5.41) is 0. The number of ether oxygens (including phenoxy) is 2. The van der Waals surface area contributed by atoms with Crippen LogP contribution in [0.1, 0.15) is 34.8 Å². The van der Waals surface area contributed by atoms with Gasteiger partial charge >= 0.3 is 5.97 Å². The Morgan fingerprint density at radius 3 is 2.64 bits per heavy atom. The number of hydrogen-bond acceptors (Lipinski definition) is 4. The number of rotatable bonds is 7. The van der Waals surface area contributed by atoms with E-state index in [1.165, 1.54) is 5.56 Å². The third-order valence-corrected chi connectivity index (χ3v) is 3.30. The molecule has 0 amide bonds. The Balaban J connectivity index is 1.81. The van der Waals surface area contributed by atoms with Gasteiger partial charge in [0.1, 0.15) is 5.75 Å². The Bertz CT molecular complexity index is 611. The molecule has 0 aliphatic rings. The minimum absolute atomic E-state index is 0.291. The van der Waals surface area contributed by atoms with E-state index >= 15 is 0 Å². The SMILES string of the molecule is CCOc1ccc(C(=O)OCCCc2ccncc2)cc1C. The summed E-state index contributed by atoms with van der Waals surface area (Å²) in [5.74, 6) is 0.512. The molecule has 0 bridgehead atoms. The molecule has 22 heavy (non-hydrogen) atoms. The van der Waals surface area contributed by atoms with Gasteiger partial charge < -0.3 is 9.47 Å². The molecule has 2 aromatic rings. The van der Waals surface area contributed by atoms with Crippen molar-refractivity contribution in [2.24, 2.45) is 0 Å². The molecule has 0 aliphatic carbocycles. The Morgan fingerprint density at radius 1 is 1.18 bits per heavy atom. The van der Waals surface area contributed by atoms with E-state index in [0.717, 1.165) is 24.2 Å². The zero-order valence-corrected chi connectivity index (χ0v) is 13.0. The molecule has 0 saturated heterocycles. The summed E-state index contributed by atoms with van der Waals surface area (Å²) in [6.45, 7) is 4.88. The fraction of sp³-hybridized carbons (Fsp3) is 0.333. The van der Waals surface area contributed by atoms with Crippen LogP contribution in [0.3, 0.4) is 0 Å². The van der Waals surface area contributed by atoms with Crippen LogP contribution in [0.5, 0.6) is 5.75 Å². The Kier molecular flexibility index (Phi) is 5.95. The van der Waals surface area contributed by atoms with Gasteiger partial charge in [0.15, 0.2) is 0 Å². The summed E-state index contributed by atoms with van der Waals surface area (Å²) in [6, 6.07) is 9.29. The van der Waals surface area contributed by atoms with Crippen molar-refractivity contribution in [3.63, 3.8) is 0 Å². The number of carbonyl (C=O) groups excluding carboxylic acids is 1. The predicted molar refractivity (Wildman–Crippen MR) is 85.2 cm³/mol. The fourth-order valence-electron chi connectivity index (χ4n) is 2.17. The number of carbonyl (C=O) groups is 1. The number of nitrogens with zero attached hydrogens (tertiary/aromatic N) is 1. The van der Waals surface area contributed by atoms with E-state index in [2.05, 4.69) is 4.98 Å². The summed E-state index contributed by atoms with van der Waals surface area (Å²) in [4.78, 5) is 16.0. The van der Waals surface area contributed by atoms with E-state index in [9.17, 15) is 4.79 Å². The van der Waals surface area contributed by atoms with Crippen molar-refractivity contribution < 1.29 is 14.3 Å². The molecule has 0 saturated carbocycles. The van der Waals surface area contributed by atoms with E-state index in [1.54, 1.807) is 24.5 Å². The van der Waals surface area contributed by atoms with Gasteiger partial charge in [-0.2, -0.15) is 0 Å². The first-order chi connectivity index (χ1) is 10.7. The lowest BCUT2D eigenvalue weighted by molar-refractivity contribution is 0.0500. The molecule has 0 aliphatic heterocycles. The number of aromatic nitrogens is 1. The summed E-state index contributed by atoms with van der Waals surface area (Å²) >= 11 is 0. The standard InChI is InChI=1S/C18H21NO3/c1-3-21-17-7-6-16(13-14(17)2)18(20)22-12-4-5-15-8-10-19-11-9-15/h6-11,13H,3-5,12H2,1-2H3. The van der Waals surface area contributed by atoms with Crippen molar-refractivity contribution in [2.45, 2.75) is 26.7 Å². The normalized spacial score (nSPS) is 10.3. The van der Waals surface area contributed by atoms with Crippen LogP contribution in [0.2, 0.25) is 0 Å². The third-order valence-electron chi connectivity index (χ3n) is 3.30. The second-order valence-corrected chi connectivity index (χ2v) is 5.01. The first-order valence-corrected chi connectivity index (χ1v) is 7.50. The zero-order chi connectivity index (χ0) is 15.8. The van der Waals surface area contributed by atoms with Crippen molar-refractivity contribution in [1.29, 1.82) is 0 Å². The number of esters is 1. The fourth-order valence-corrected chi connectivity index (χ4v) is 2.17. The highest BCUT2D eigenvalue weighted by atomic mass is 16.5. The molecule has 0 N–H and O–H groups in total. The average molecular weight is 299 g/mol. The van der Waals surface area contributed by atoms with E-state index in [4.69, 9.17) is 9.47 Å². The van der Waals surface area contributed by atoms with Crippen molar-refractivity contribution in [3.8, 4) is 5.75 Å². The van der Waals surface area contributed by atoms with E-state index in [1.807, 2.05) is 32.0 Å². The lowest BCUT2D eigenvalue weighted by Crippen LogP contribution is -2.08. The number of aryl methyl sites for hydroxylation is 2. The lowest BCUT2D eigenvalue weighted by atomic mass is 10.1.